The second-order valence-electron chi connectivity index (χ2n) is 5.68. The smallest absolute Gasteiger partial charge is 0.271 e. The highest BCUT2D eigenvalue weighted by atomic mass is 32.2. The van der Waals surface area contributed by atoms with Crippen LogP contribution in [0, 0.1) is 6.92 Å². The molecule has 2 aromatic carbocycles. The molecule has 7 nitrogen and oxygen atoms in total. The predicted molar refractivity (Wildman–Crippen MR) is 106 cm³/mol. The number of H-pyrrole nitrogens is 1. The summed E-state index contributed by atoms with van der Waals surface area (Å²) in [6, 6.07) is 12.0. The summed E-state index contributed by atoms with van der Waals surface area (Å²) in [4.78, 5) is 5.41. The number of anilines is 1. The third kappa shape index (κ3) is 3.51. The molecule has 3 N–H and O–H groups in total. The summed E-state index contributed by atoms with van der Waals surface area (Å²) in [6.07, 6.45) is 1.36. The van der Waals surface area contributed by atoms with Crippen molar-refractivity contribution in [1.82, 2.24) is 15.2 Å². The lowest BCUT2D eigenvalue weighted by Crippen LogP contribution is -2.11. The molecule has 0 spiro atoms. The van der Waals surface area contributed by atoms with Crippen LogP contribution in [0.1, 0.15) is 4.88 Å². The molecule has 27 heavy (non-hydrogen) atoms. The molecule has 4 rings (SSSR count). The number of aryl methyl sites for hydroxylation is 1. The van der Waals surface area contributed by atoms with E-state index in [1.807, 2.05) is 6.92 Å². The monoisotopic (exact) mass is 418 g/mol. The van der Waals surface area contributed by atoms with Crippen LogP contribution in [0.15, 0.2) is 63.1 Å². The third-order valence-electron chi connectivity index (χ3n) is 3.81. The molecule has 0 aliphatic carbocycles. The van der Waals surface area contributed by atoms with Gasteiger partial charge >= 0.3 is 0 Å². The van der Waals surface area contributed by atoms with Gasteiger partial charge in [0.2, 0.25) is 0 Å². The molecule has 138 valence electrons. The van der Waals surface area contributed by atoms with Gasteiger partial charge in [-0.05, 0) is 36.9 Å². The van der Waals surface area contributed by atoms with Crippen molar-refractivity contribution in [3.05, 3.63) is 53.7 Å². The average Bonchev–Trinajstić information content (AvgIpc) is 3.31. The molecule has 0 aliphatic heterocycles. The molecule has 2 heterocycles. The Morgan fingerprint density at radius 2 is 1.96 bits per heavy atom. The number of thiophene rings is 1. The molecule has 0 unspecified atom stereocenters. The Morgan fingerprint density at radius 1 is 1.19 bits per heavy atom. The quantitative estimate of drug-likeness (QED) is 0.423. The molecular weight excluding hydrogens is 404 g/mol. The standard InChI is InChI=1S/C17H14N4O3S3/c1-10-6-7-15(25-10)27(23,24)21-13-8-14(26-17-18-9-19-20-17)16(22)12-5-3-2-4-11(12)13/h2-9,21-22H,1H3,(H,18,19,20). The Morgan fingerprint density at radius 3 is 2.63 bits per heavy atom. The Balaban J connectivity index is 1.83. The number of hydrogen-bond acceptors (Lipinski definition) is 7. The fourth-order valence-corrected chi connectivity index (χ4v) is 5.74. The van der Waals surface area contributed by atoms with E-state index < -0.39 is 10.0 Å². The highest BCUT2D eigenvalue weighted by molar-refractivity contribution is 7.99. The van der Waals surface area contributed by atoms with Crippen LogP contribution in [0.4, 0.5) is 5.69 Å². The highest BCUT2D eigenvalue weighted by Crippen LogP contribution is 2.42. The van der Waals surface area contributed by atoms with Gasteiger partial charge in [-0.3, -0.25) is 9.82 Å². The number of nitrogens with one attached hydrogen (secondary N) is 2. The molecule has 0 aliphatic rings. The van der Waals surface area contributed by atoms with Gasteiger partial charge < -0.3 is 5.11 Å². The molecule has 0 saturated carbocycles. The normalized spacial score (nSPS) is 11.7. The second-order valence-corrected chi connectivity index (χ2v) is 9.91. The maximum atomic E-state index is 12.8. The van der Waals surface area contributed by atoms with E-state index in [-0.39, 0.29) is 9.96 Å². The van der Waals surface area contributed by atoms with Crippen LogP contribution in [-0.4, -0.2) is 28.7 Å². The minimum atomic E-state index is -3.73. The molecular formula is C17H14N4O3S3. The van der Waals surface area contributed by atoms with Crippen molar-refractivity contribution in [2.75, 3.05) is 4.72 Å². The van der Waals surface area contributed by atoms with E-state index in [1.54, 1.807) is 42.5 Å². The number of sulfonamides is 1. The van der Waals surface area contributed by atoms with Crippen LogP contribution in [0.2, 0.25) is 0 Å². The van der Waals surface area contributed by atoms with Gasteiger partial charge in [0.25, 0.3) is 10.0 Å². The van der Waals surface area contributed by atoms with Crippen LogP contribution in [0.5, 0.6) is 5.75 Å². The van der Waals surface area contributed by atoms with Crippen LogP contribution >= 0.6 is 23.1 Å². The third-order valence-corrected chi connectivity index (χ3v) is 7.58. The Kier molecular flexibility index (Phi) is 4.54. The molecule has 0 amide bonds. The minimum Gasteiger partial charge on any atom is -0.506 e. The Hall–Kier alpha value is -2.56. The number of benzene rings is 2. The van der Waals surface area contributed by atoms with Crippen molar-refractivity contribution in [1.29, 1.82) is 0 Å². The number of phenolic OH excluding ortho intramolecular Hbond substituents is 1. The van der Waals surface area contributed by atoms with Gasteiger partial charge in [0.05, 0.1) is 10.6 Å². The number of phenols is 1. The fourth-order valence-electron chi connectivity index (χ4n) is 2.60. The summed E-state index contributed by atoms with van der Waals surface area (Å²) in [5.41, 5.74) is 0.386. The van der Waals surface area contributed by atoms with Gasteiger partial charge in [0.15, 0.2) is 5.16 Å². The average molecular weight is 419 g/mol. The maximum Gasteiger partial charge on any atom is 0.271 e. The predicted octanol–water partition coefficient (Wildman–Crippen LogP) is 3.99. The van der Waals surface area contributed by atoms with E-state index in [1.165, 1.54) is 17.7 Å². The van der Waals surface area contributed by atoms with Crippen LogP contribution in [0.25, 0.3) is 10.8 Å². The first-order valence-corrected chi connectivity index (χ1v) is 10.9. The van der Waals surface area contributed by atoms with Gasteiger partial charge in [0.1, 0.15) is 16.3 Å². The number of rotatable bonds is 5. The minimum absolute atomic E-state index is 0.0573. The first-order chi connectivity index (χ1) is 12.9. The summed E-state index contributed by atoms with van der Waals surface area (Å²) < 4.78 is 28.4. The first kappa shape index (κ1) is 17.8. The molecule has 0 radical (unpaired) electrons. The lowest BCUT2D eigenvalue weighted by Gasteiger charge is -2.13. The van der Waals surface area contributed by atoms with Gasteiger partial charge in [0, 0.05) is 15.6 Å². The molecule has 0 bridgehead atoms. The first-order valence-electron chi connectivity index (χ1n) is 7.81. The number of aromatic nitrogens is 3. The van der Waals surface area contributed by atoms with Crippen molar-refractivity contribution >= 4 is 49.6 Å². The van der Waals surface area contributed by atoms with E-state index >= 15 is 0 Å². The lowest BCUT2D eigenvalue weighted by atomic mass is 10.1. The van der Waals surface area contributed by atoms with E-state index in [4.69, 9.17) is 0 Å². The zero-order valence-corrected chi connectivity index (χ0v) is 16.5. The van der Waals surface area contributed by atoms with Crippen molar-refractivity contribution in [2.45, 2.75) is 21.2 Å². The summed E-state index contributed by atoms with van der Waals surface area (Å²) in [5.74, 6) is 0.0573. The number of nitrogens with zero attached hydrogens (tertiary/aromatic N) is 2. The topological polar surface area (TPSA) is 108 Å². The highest BCUT2D eigenvalue weighted by Gasteiger charge is 2.20. The fraction of sp³-hybridized carbons (Fsp3) is 0.0588. The molecule has 4 aromatic rings. The SMILES string of the molecule is Cc1ccc(S(=O)(=O)Nc2cc(Sc3ncn[nH]3)c(O)c3ccccc23)s1. The maximum absolute atomic E-state index is 12.8. The molecule has 2 aromatic heterocycles. The van der Waals surface area contributed by atoms with Gasteiger partial charge in [-0.2, -0.15) is 5.10 Å². The molecule has 10 heteroatoms. The lowest BCUT2D eigenvalue weighted by molar-refractivity contribution is 0.469. The van der Waals surface area contributed by atoms with Crippen LogP contribution in [0.3, 0.4) is 0 Å². The van der Waals surface area contributed by atoms with E-state index in [0.29, 0.717) is 26.5 Å². The van der Waals surface area contributed by atoms with Crippen LogP contribution in [-0.2, 0) is 10.0 Å². The van der Waals surface area contributed by atoms with Crippen molar-refractivity contribution in [2.24, 2.45) is 0 Å². The number of hydrogen-bond donors (Lipinski definition) is 3. The zero-order valence-electron chi connectivity index (χ0n) is 14.0. The van der Waals surface area contributed by atoms with Crippen molar-refractivity contribution < 1.29 is 13.5 Å². The van der Waals surface area contributed by atoms with Gasteiger partial charge in [-0.25, -0.2) is 13.4 Å². The Bertz CT molecular complexity index is 1220. The molecule has 0 fully saturated rings. The summed E-state index contributed by atoms with van der Waals surface area (Å²) >= 11 is 2.37. The van der Waals surface area contributed by atoms with Crippen LogP contribution < -0.4 is 4.72 Å². The van der Waals surface area contributed by atoms with Gasteiger partial charge in [-0.15, -0.1) is 11.3 Å². The van der Waals surface area contributed by atoms with E-state index in [2.05, 4.69) is 19.9 Å². The number of aromatic amines is 1. The van der Waals surface area contributed by atoms with E-state index in [0.717, 1.165) is 16.6 Å². The summed E-state index contributed by atoms with van der Waals surface area (Å²) in [5, 5.41) is 18.8. The van der Waals surface area contributed by atoms with Crippen molar-refractivity contribution in [3.63, 3.8) is 0 Å². The molecule has 0 saturated heterocycles. The number of aromatic hydroxyl groups is 1. The van der Waals surface area contributed by atoms with Crippen molar-refractivity contribution in [3.8, 4) is 5.75 Å². The summed E-state index contributed by atoms with van der Waals surface area (Å²) in [7, 11) is -3.73. The second kappa shape index (κ2) is 6.87. The Labute approximate surface area is 163 Å². The largest absolute Gasteiger partial charge is 0.506 e. The zero-order chi connectivity index (χ0) is 19.0. The summed E-state index contributed by atoms with van der Waals surface area (Å²) in [6.45, 7) is 1.85. The van der Waals surface area contributed by atoms with E-state index in [9.17, 15) is 13.5 Å². The number of fused-ring (bicyclic) bond motifs is 1. The molecule has 0 atom stereocenters. The van der Waals surface area contributed by atoms with Gasteiger partial charge in [-0.1, -0.05) is 24.3 Å².